The summed E-state index contributed by atoms with van der Waals surface area (Å²) in [5.41, 5.74) is 6.40. The number of anilines is 2. The van der Waals surface area contributed by atoms with Crippen LogP contribution in [0.15, 0.2) is 18.2 Å². The van der Waals surface area contributed by atoms with Crippen molar-refractivity contribution in [2.75, 3.05) is 17.2 Å². The van der Waals surface area contributed by atoms with E-state index in [9.17, 15) is 14.4 Å². The SMILES string of the molecule is CCOC(=O)c1c(NC(N)=O)[nH]c2cc(NC(C)=O)ccc12. The molecule has 0 atom stereocenters. The van der Waals surface area contributed by atoms with Crippen molar-refractivity contribution in [2.24, 2.45) is 5.73 Å². The van der Waals surface area contributed by atoms with Gasteiger partial charge in [0.2, 0.25) is 5.91 Å². The first-order valence-corrected chi connectivity index (χ1v) is 6.59. The molecule has 2 aromatic rings. The second-order valence-corrected chi connectivity index (χ2v) is 4.53. The highest BCUT2D eigenvalue weighted by atomic mass is 16.5. The number of nitrogens with one attached hydrogen (secondary N) is 3. The number of benzene rings is 1. The molecule has 0 spiro atoms. The first kappa shape index (κ1) is 15.4. The lowest BCUT2D eigenvalue weighted by Crippen LogP contribution is -2.21. The number of ether oxygens (including phenoxy) is 1. The highest BCUT2D eigenvalue weighted by Crippen LogP contribution is 2.29. The van der Waals surface area contributed by atoms with Gasteiger partial charge in [-0.25, -0.2) is 9.59 Å². The number of aromatic amines is 1. The number of primary amides is 1. The molecule has 22 heavy (non-hydrogen) atoms. The van der Waals surface area contributed by atoms with Gasteiger partial charge in [-0.1, -0.05) is 0 Å². The van der Waals surface area contributed by atoms with Crippen molar-refractivity contribution in [3.63, 3.8) is 0 Å². The Hall–Kier alpha value is -3.03. The first-order chi connectivity index (χ1) is 10.4. The molecule has 116 valence electrons. The van der Waals surface area contributed by atoms with Gasteiger partial charge in [0, 0.05) is 23.5 Å². The minimum Gasteiger partial charge on any atom is -0.462 e. The fourth-order valence-corrected chi connectivity index (χ4v) is 2.11. The normalized spacial score (nSPS) is 10.3. The Morgan fingerprint density at radius 1 is 1.27 bits per heavy atom. The van der Waals surface area contributed by atoms with E-state index in [0.29, 0.717) is 16.6 Å². The molecule has 0 aliphatic rings. The zero-order chi connectivity index (χ0) is 16.3. The molecule has 1 aromatic carbocycles. The van der Waals surface area contributed by atoms with E-state index < -0.39 is 12.0 Å². The number of hydrogen-bond donors (Lipinski definition) is 4. The highest BCUT2D eigenvalue weighted by molar-refractivity contribution is 6.12. The van der Waals surface area contributed by atoms with E-state index in [2.05, 4.69) is 15.6 Å². The van der Waals surface area contributed by atoms with Gasteiger partial charge in [0.15, 0.2) is 0 Å². The van der Waals surface area contributed by atoms with Gasteiger partial charge in [-0.15, -0.1) is 0 Å². The smallest absolute Gasteiger partial charge is 0.342 e. The number of carbonyl (C=O) groups is 3. The first-order valence-electron chi connectivity index (χ1n) is 6.59. The fraction of sp³-hybridized carbons (Fsp3) is 0.214. The lowest BCUT2D eigenvalue weighted by Gasteiger charge is -2.04. The van der Waals surface area contributed by atoms with Crippen molar-refractivity contribution < 1.29 is 19.1 Å². The van der Waals surface area contributed by atoms with Crippen LogP contribution in [0.3, 0.4) is 0 Å². The Balaban J connectivity index is 2.55. The van der Waals surface area contributed by atoms with Gasteiger partial charge in [-0.05, 0) is 25.1 Å². The van der Waals surface area contributed by atoms with Crippen molar-refractivity contribution in [2.45, 2.75) is 13.8 Å². The molecule has 8 heteroatoms. The number of carbonyl (C=O) groups excluding carboxylic acids is 3. The summed E-state index contributed by atoms with van der Waals surface area (Å²) in [6.45, 7) is 3.28. The van der Waals surface area contributed by atoms with Crippen LogP contribution in [-0.4, -0.2) is 29.5 Å². The molecule has 0 unspecified atom stereocenters. The summed E-state index contributed by atoms with van der Waals surface area (Å²) in [6, 6.07) is 4.13. The Kier molecular flexibility index (Phi) is 4.31. The third-order valence-corrected chi connectivity index (χ3v) is 2.85. The van der Waals surface area contributed by atoms with Gasteiger partial charge >= 0.3 is 12.0 Å². The Morgan fingerprint density at radius 3 is 2.59 bits per heavy atom. The molecule has 0 bridgehead atoms. The minimum atomic E-state index is -0.806. The Morgan fingerprint density at radius 2 is 2.00 bits per heavy atom. The third kappa shape index (κ3) is 3.17. The van der Waals surface area contributed by atoms with E-state index in [1.54, 1.807) is 25.1 Å². The van der Waals surface area contributed by atoms with Crippen molar-refractivity contribution in [3.8, 4) is 0 Å². The maximum absolute atomic E-state index is 12.1. The molecule has 0 fully saturated rings. The number of urea groups is 1. The van der Waals surface area contributed by atoms with Crippen molar-refractivity contribution in [1.82, 2.24) is 4.98 Å². The fourth-order valence-electron chi connectivity index (χ4n) is 2.11. The molecule has 1 heterocycles. The van der Waals surface area contributed by atoms with Crippen molar-refractivity contribution in [3.05, 3.63) is 23.8 Å². The average Bonchev–Trinajstić information content (AvgIpc) is 2.74. The second-order valence-electron chi connectivity index (χ2n) is 4.53. The number of aromatic nitrogens is 1. The zero-order valence-electron chi connectivity index (χ0n) is 12.1. The van der Waals surface area contributed by atoms with Gasteiger partial charge in [0.1, 0.15) is 11.4 Å². The van der Waals surface area contributed by atoms with Gasteiger partial charge in [-0.2, -0.15) is 0 Å². The molecule has 0 aliphatic heterocycles. The lowest BCUT2D eigenvalue weighted by atomic mass is 10.1. The summed E-state index contributed by atoms with van der Waals surface area (Å²) < 4.78 is 4.99. The Labute approximate surface area is 126 Å². The van der Waals surface area contributed by atoms with E-state index in [0.717, 1.165) is 0 Å². The standard InChI is InChI=1S/C14H16N4O4/c1-3-22-13(20)11-9-5-4-8(16-7(2)19)6-10(9)17-12(11)18-14(15)21/h4-6,17H,3H2,1-2H3,(H,16,19)(H3,15,18,21). The maximum atomic E-state index is 12.1. The summed E-state index contributed by atoms with van der Waals surface area (Å²) in [7, 11) is 0. The van der Waals surface area contributed by atoms with Crippen molar-refractivity contribution in [1.29, 1.82) is 0 Å². The molecule has 5 N–H and O–H groups in total. The van der Waals surface area contributed by atoms with Gasteiger partial charge in [-0.3, -0.25) is 10.1 Å². The van der Waals surface area contributed by atoms with E-state index in [4.69, 9.17) is 10.5 Å². The van der Waals surface area contributed by atoms with Crippen LogP contribution in [-0.2, 0) is 9.53 Å². The number of hydrogen-bond acceptors (Lipinski definition) is 4. The molecule has 3 amide bonds. The minimum absolute atomic E-state index is 0.154. The van der Waals surface area contributed by atoms with Crippen LogP contribution in [0.1, 0.15) is 24.2 Å². The van der Waals surface area contributed by atoms with Crippen LogP contribution < -0.4 is 16.4 Å². The van der Waals surface area contributed by atoms with Crippen LogP contribution in [0.25, 0.3) is 10.9 Å². The third-order valence-electron chi connectivity index (χ3n) is 2.85. The number of esters is 1. The molecule has 0 aliphatic carbocycles. The summed E-state index contributed by atoms with van der Waals surface area (Å²) in [6.07, 6.45) is 0. The maximum Gasteiger partial charge on any atom is 0.342 e. The van der Waals surface area contributed by atoms with Gasteiger partial charge in [0.05, 0.1) is 6.61 Å². The number of nitrogens with two attached hydrogens (primary N) is 1. The number of amides is 3. The second kappa shape index (κ2) is 6.17. The van der Waals surface area contributed by atoms with E-state index in [1.807, 2.05) is 0 Å². The summed E-state index contributed by atoms with van der Waals surface area (Å²) in [5.74, 6) is -0.641. The number of rotatable bonds is 4. The molecular weight excluding hydrogens is 288 g/mol. The monoisotopic (exact) mass is 304 g/mol. The summed E-state index contributed by atoms with van der Waals surface area (Å²) in [4.78, 5) is 37.1. The van der Waals surface area contributed by atoms with Gasteiger partial charge in [0.25, 0.3) is 0 Å². The van der Waals surface area contributed by atoms with Gasteiger partial charge < -0.3 is 20.8 Å². The highest BCUT2D eigenvalue weighted by Gasteiger charge is 2.21. The van der Waals surface area contributed by atoms with E-state index >= 15 is 0 Å². The molecule has 8 nitrogen and oxygen atoms in total. The van der Waals surface area contributed by atoms with E-state index in [1.165, 1.54) is 6.92 Å². The molecule has 2 rings (SSSR count). The van der Waals surface area contributed by atoms with Crippen LogP contribution in [0, 0.1) is 0 Å². The molecule has 0 saturated heterocycles. The van der Waals surface area contributed by atoms with Crippen LogP contribution in [0.2, 0.25) is 0 Å². The van der Waals surface area contributed by atoms with Crippen LogP contribution in [0.4, 0.5) is 16.3 Å². The topological polar surface area (TPSA) is 126 Å². The molecule has 1 aromatic heterocycles. The van der Waals surface area contributed by atoms with E-state index in [-0.39, 0.29) is 23.9 Å². The zero-order valence-corrected chi connectivity index (χ0v) is 12.1. The average molecular weight is 304 g/mol. The number of fused-ring (bicyclic) bond motifs is 1. The molecular formula is C14H16N4O4. The summed E-state index contributed by atoms with van der Waals surface area (Å²) in [5, 5.41) is 5.54. The summed E-state index contributed by atoms with van der Waals surface area (Å²) >= 11 is 0. The lowest BCUT2D eigenvalue weighted by molar-refractivity contribution is -0.114. The van der Waals surface area contributed by atoms with Crippen LogP contribution in [0.5, 0.6) is 0 Å². The largest absolute Gasteiger partial charge is 0.462 e. The predicted octanol–water partition coefficient (Wildman–Crippen LogP) is 1.79. The quantitative estimate of drug-likeness (QED) is 0.642. The number of H-pyrrole nitrogens is 1. The predicted molar refractivity (Wildman–Crippen MR) is 81.8 cm³/mol. The van der Waals surface area contributed by atoms with Crippen LogP contribution >= 0.6 is 0 Å². The molecule has 0 radical (unpaired) electrons. The van der Waals surface area contributed by atoms with Crippen molar-refractivity contribution >= 4 is 40.3 Å². The Bertz CT molecular complexity index is 751. The molecule has 0 saturated carbocycles.